The Morgan fingerprint density at radius 2 is 2.00 bits per heavy atom. The molecule has 1 nitrogen and oxygen atoms in total. The van der Waals surface area contributed by atoms with E-state index in [9.17, 15) is 0 Å². The third kappa shape index (κ3) is 3.05. The fourth-order valence-electron chi connectivity index (χ4n) is 0.807. The van der Waals surface area contributed by atoms with E-state index >= 15 is 0 Å². The number of allylic oxidation sites excluding steroid dienone is 1. The van der Waals surface area contributed by atoms with Crippen molar-refractivity contribution in [2.24, 2.45) is 0 Å². The smallest absolute Gasteiger partial charge is 0.104 e. The summed E-state index contributed by atoms with van der Waals surface area (Å²) in [5, 5.41) is 8.36. The summed E-state index contributed by atoms with van der Waals surface area (Å²) >= 11 is 0. The number of aliphatic hydroxyl groups is 1. The van der Waals surface area contributed by atoms with Gasteiger partial charge in [0.15, 0.2) is 0 Å². The van der Waals surface area contributed by atoms with Crippen LogP contribution in [0.4, 0.5) is 0 Å². The zero-order chi connectivity index (χ0) is 8.65. The van der Waals surface area contributed by atoms with E-state index in [1.807, 2.05) is 36.4 Å². The zero-order valence-electron chi connectivity index (χ0n) is 6.70. The molecule has 0 aliphatic carbocycles. The van der Waals surface area contributed by atoms with Gasteiger partial charge < -0.3 is 5.11 Å². The van der Waals surface area contributed by atoms with Crippen molar-refractivity contribution in [1.29, 1.82) is 0 Å². The summed E-state index contributed by atoms with van der Waals surface area (Å²) in [7, 11) is 0. The van der Waals surface area contributed by atoms with E-state index in [0.29, 0.717) is 0 Å². The number of benzene rings is 1. The first-order chi connectivity index (χ1) is 5.93. The lowest BCUT2D eigenvalue weighted by atomic mass is 10.2. The maximum Gasteiger partial charge on any atom is 0.104 e. The minimum Gasteiger partial charge on any atom is -0.384 e. The molecule has 1 heteroatoms. The molecule has 0 bridgehead atoms. The highest BCUT2D eigenvalue weighted by molar-refractivity contribution is 5.52. The van der Waals surface area contributed by atoms with Crippen LogP contribution in [0.1, 0.15) is 5.56 Å². The standard InChI is InChI=1S/C11H10O/c12-10-6-2-5-9-11-7-3-1-4-8-11/h1,3-5,7-9,12H,10H2/b9-5-. The summed E-state index contributed by atoms with van der Waals surface area (Å²) in [4.78, 5) is 0. The van der Waals surface area contributed by atoms with Crippen LogP contribution in [-0.4, -0.2) is 11.7 Å². The lowest BCUT2D eigenvalue weighted by Crippen LogP contribution is -1.69. The highest BCUT2D eigenvalue weighted by atomic mass is 16.2. The monoisotopic (exact) mass is 158 g/mol. The average molecular weight is 158 g/mol. The molecule has 1 N–H and O–H groups in total. The molecule has 0 atom stereocenters. The molecular weight excluding hydrogens is 148 g/mol. The summed E-state index contributed by atoms with van der Waals surface area (Å²) in [5.41, 5.74) is 1.12. The van der Waals surface area contributed by atoms with E-state index in [0.717, 1.165) is 5.56 Å². The third-order valence-electron chi connectivity index (χ3n) is 1.34. The van der Waals surface area contributed by atoms with E-state index in [1.54, 1.807) is 6.08 Å². The van der Waals surface area contributed by atoms with Crippen molar-refractivity contribution in [3.8, 4) is 11.8 Å². The third-order valence-corrected chi connectivity index (χ3v) is 1.34. The number of hydrogen-bond acceptors (Lipinski definition) is 1. The van der Waals surface area contributed by atoms with Gasteiger partial charge in [0, 0.05) is 0 Å². The van der Waals surface area contributed by atoms with E-state index < -0.39 is 0 Å². The van der Waals surface area contributed by atoms with Gasteiger partial charge >= 0.3 is 0 Å². The van der Waals surface area contributed by atoms with Gasteiger partial charge in [0.05, 0.1) is 0 Å². The molecule has 0 heterocycles. The molecule has 0 aliphatic rings. The summed E-state index contributed by atoms with van der Waals surface area (Å²) in [6, 6.07) is 9.91. The van der Waals surface area contributed by atoms with E-state index in [-0.39, 0.29) is 6.61 Å². The molecule has 0 fully saturated rings. The van der Waals surface area contributed by atoms with Gasteiger partial charge in [0.1, 0.15) is 6.61 Å². The summed E-state index contributed by atoms with van der Waals surface area (Å²) < 4.78 is 0. The molecule has 0 aliphatic heterocycles. The first-order valence-electron chi connectivity index (χ1n) is 3.74. The van der Waals surface area contributed by atoms with Gasteiger partial charge in [-0.2, -0.15) is 0 Å². The Hall–Kier alpha value is -1.52. The summed E-state index contributed by atoms with van der Waals surface area (Å²) in [6.45, 7) is -0.0842. The highest BCUT2D eigenvalue weighted by Gasteiger charge is 1.78. The first-order valence-corrected chi connectivity index (χ1v) is 3.74. The van der Waals surface area contributed by atoms with Gasteiger partial charge in [-0.25, -0.2) is 0 Å². The second-order valence-electron chi connectivity index (χ2n) is 2.22. The second kappa shape index (κ2) is 5.17. The average Bonchev–Trinajstić information content (AvgIpc) is 2.14. The number of rotatable bonds is 1. The molecule has 0 radical (unpaired) electrons. The van der Waals surface area contributed by atoms with Gasteiger partial charge in [0.25, 0.3) is 0 Å². The fraction of sp³-hybridized carbons (Fsp3) is 0.0909. The second-order valence-corrected chi connectivity index (χ2v) is 2.22. The van der Waals surface area contributed by atoms with Gasteiger partial charge in [-0.05, 0) is 17.7 Å². The molecule has 0 saturated carbocycles. The Morgan fingerprint density at radius 1 is 1.25 bits per heavy atom. The lowest BCUT2D eigenvalue weighted by molar-refractivity contribution is 0.350. The van der Waals surface area contributed by atoms with Crippen LogP contribution in [0.2, 0.25) is 0 Å². The predicted octanol–water partition coefficient (Wildman–Crippen LogP) is 1.70. The molecule has 1 rings (SSSR count). The van der Waals surface area contributed by atoms with Crippen LogP contribution in [0, 0.1) is 11.8 Å². The van der Waals surface area contributed by atoms with Crippen LogP contribution in [0.3, 0.4) is 0 Å². The zero-order valence-corrected chi connectivity index (χ0v) is 6.70. The summed E-state index contributed by atoms with van der Waals surface area (Å²) in [5.74, 6) is 5.24. The molecular formula is C11H10O. The quantitative estimate of drug-likeness (QED) is 0.617. The predicted molar refractivity (Wildman–Crippen MR) is 50.3 cm³/mol. The van der Waals surface area contributed by atoms with Gasteiger partial charge in [0.2, 0.25) is 0 Å². The fourth-order valence-corrected chi connectivity index (χ4v) is 0.807. The van der Waals surface area contributed by atoms with Crippen molar-refractivity contribution < 1.29 is 5.11 Å². The van der Waals surface area contributed by atoms with Crippen LogP contribution in [0.25, 0.3) is 6.08 Å². The maximum absolute atomic E-state index is 8.36. The van der Waals surface area contributed by atoms with Crippen molar-refractivity contribution in [3.05, 3.63) is 42.0 Å². The molecule has 60 valence electrons. The number of aliphatic hydroxyl groups excluding tert-OH is 1. The van der Waals surface area contributed by atoms with Crippen LogP contribution < -0.4 is 0 Å². The Morgan fingerprint density at radius 3 is 2.67 bits per heavy atom. The summed E-state index contributed by atoms with van der Waals surface area (Å²) in [6.07, 6.45) is 3.63. The molecule has 0 unspecified atom stereocenters. The van der Waals surface area contributed by atoms with Gasteiger partial charge in [-0.3, -0.25) is 0 Å². The molecule has 1 aromatic carbocycles. The topological polar surface area (TPSA) is 20.2 Å². The largest absolute Gasteiger partial charge is 0.384 e. The van der Waals surface area contributed by atoms with E-state index in [1.165, 1.54) is 0 Å². The normalized spacial score (nSPS) is 9.42. The first kappa shape index (κ1) is 8.58. The van der Waals surface area contributed by atoms with Crippen molar-refractivity contribution >= 4 is 6.08 Å². The minimum atomic E-state index is -0.0842. The Bertz CT molecular complexity index is 301. The number of hydrogen-bond donors (Lipinski definition) is 1. The minimum absolute atomic E-state index is 0.0842. The molecule has 0 saturated heterocycles. The van der Waals surface area contributed by atoms with E-state index in [4.69, 9.17) is 5.11 Å². The van der Waals surface area contributed by atoms with Crippen molar-refractivity contribution in [3.63, 3.8) is 0 Å². The van der Waals surface area contributed by atoms with Crippen LogP contribution in [0.5, 0.6) is 0 Å². The molecule has 0 amide bonds. The van der Waals surface area contributed by atoms with Crippen LogP contribution >= 0.6 is 0 Å². The Labute approximate surface area is 72.4 Å². The molecule has 1 aromatic rings. The van der Waals surface area contributed by atoms with Gasteiger partial charge in [-0.15, -0.1) is 0 Å². The maximum atomic E-state index is 8.36. The van der Waals surface area contributed by atoms with Crippen molar-refractivity contribution in [2.45, 2.75) is 0 Å². The lowest BCUT2D eigenvalue weighted by Gasteiger charge is -1.87. The van der Waals surface area contributed by atoms with Gasteiger partial charge in [-0.1, -0.05) is 42.2 Å². The SMILES string of the molecule is OCC#C/C=C\c1ccccc1. The van der Waals surface area contributed by atoms with Crippen LogP contribution in [-0.2, 0) is 0 Å². The Kier molecular flexibility index (Phi) is 3.70. The Balaban J connectivity index is 2.58. The molecule has 0 spiro atoms. The van der Waals surface area contributed by atoms with E-state index in [2.05, 4.69) is 11.8 Å². The molecule has 12 heavy (non-hydrogen) atoms. The van der Waals surface area contributed by atoms with Crippen LogP contribution in [0.15, 0.2) is 36.4 Å². The highest BCUT2D eigenvalue weighted by Crippen LogP contribution is 1.99. The molecule has 0 aromatic heterocycles. The van der Waals surface area contributed by atoms with Crippen molar-refractivity contribution in [2.75, 3.05) is 6.61 Å². The van der Waals surface area contributed by atoms with Crippen molar-refractivity contribution in [1.82, 2.24) is 0 Å².